The van der Waals surface area contributed by atoms with Crippen LogP contribution in [0.15, 0.2) is 47.5 Å². The van der Waals surface area contributed by atoms with Gasteiger partial charge in [-0.05, 0) is 49.7 Å². The van der Waals surface area contributed by atoms with Crippen molar-refractivity contribution < 1.29 is 4.39 Å². The number of likely N-dealkylation sites (tertiary alicyclic amines) is 1. The van der Waals surface area contributed by atoms with Gasteiger partial charge in [-0.3, -0.25) is 9.69 Å². The summed E-state index contributed by atoms with van der Waals surface area (Å²) in [6, 6.07) is 8.20. The number of nitrogens with zero attached hydrogens (tertiary/aromatic N) is 3. The number of nitrogens with one attached hydrogen (secondary N) is 2. The number of fused-ring (bicyclic) bond motifs is 1. The molecular weight excluding hydrogens is 389 g/mol. The molecule has 1 aliphatic rings. The Labute approximate surface area is 170 Å². The second-order valence-corrected chi connectivity index (χ2v) is 8.42. The number of benzene rings is 1. The van der Waals surface area contributed by atoms with E-state index in [4.69, 9.17) is 0 Å². The molecule has 4 heterocycles. The van der Waals surface area contributed by atoms with Crippen LogP contribution in [0.1, 0.15) is 30.4 Å². The lowest BCUT2D eigenvalue weighted by atomic mass is 9.96. The average molecular weight is 409 g/mol. The van der Waals surface area contributed by atoms with E-state index in [1.54, 1.807) is 18.3 Å². The highest BCUT2D eigenvalue weighted by molar-refractivity contribution is 7.22. The number of aromatic nitrogens is 4. The van der Waals surface area contributed by atoms with E-state index in [1.807, 2.05) is 12.3 Å². The lowest BCUT2D eigenvalue weighted by Crippen LogP contribution is -2.33. The third kappa shape index (κ3) is 3.73. The molecule has 6 nitrogen and oxygen atoms in total. The molecule has 0 unspecified atom stereocenters. The van der Waals surface area contributed by atoms with Gasteiger partial charge in [0.25, 0.3) is 5.56 Å². The van der Waals surface area contributed by atoms with Crippen LogP contribution in [0.4, 0.5) is 4.39 Å². The van der Waals surface area contributed by atoms with Crippen molar-refractivity contribution in [3.8, 4) is 10.4 Å². The van der Waals surface area contributed by atoms with E-state index in [1.165, 1.54) is 23.5 Å². The number of piperidine rings is 1. The predicted octanol–water partition coefficient (Wildman–Crippen LogP) is 3.89. The molecule has 0 radical (unpaired) electrons. The molecule has 0 spiro atoms. The summed E-state index contributed by atoms with van der Waals surface area (Å²) in [5.41, 5.74) is 1.46. The van der Waals surface area contributed by atoms with Crippen molar-refractivity contribution in [1.82, 2.24) is 24.8 Å². The smallest absolute Gasteiger partial charge is 0.268 e. The van der Waals surface area contributed by atoms with Crippen LogP contribution in [0, 0.1) is 5.82 Å². The lowest BCUT2D eigenvalue weighted by Gasteiger charge is -2.30. The highest BCUT2D eigenvalue weighted by atomic mass is 32.1. The second-order valence-electron chi connectivity index (χ2n) is 7.37. The van der Waals surface area contributed by atoms with Gasteiger partial charge >= 0.3 is 0 Å². The number of thiophene rings is 1. The fraction of sp³-hybridized carbons (Fsp3) is 0.286. The van der Waals surface area contributed by atoms with Crippen LogP contribution in [-0.4, -0.2) is 37.9 Å². The molecule has 0 aliphatic carbocycles. The first kappa shape index (κ1) is 18.2. The Morgan fingerprint density at radius 1 is 1.21 bits per heavy atom. The van der Waals surface area contributed by atoms with E-state index < -0.39 is 0 Å². The van der Waals surface area contributed by atoms with Crippen molar-refractivity contribution >= 4 is 21.6 Å². The number of hydrogen-bond acceptors (Lipinski definition) is 5. The molecule has 8 heteroatoms. The minimum atomic E-state index is -0.274. The van der Waals surface area contributed by atoms with E-state index in [0.717, 1.165) is 42.2 Å². The van der Waals surface area contributed by atoms with Crippen molar-refractivity contribution in [3.05, 3.63) is 70.5 Å². The molecule has 5 rings (SSSR count). The van der Waals surface area contributed by atoms with Gasteiger partial charge in [-0.2, -0.15) is 0 Å². The Morgan fingerprint density at radius 3 is 2.72 bits per heavy atom. The molecule has 1 aromatic carbocycles. The SMILES string of the molecule is O=c1[nH]c(CN2CCC(c3ncc[nH]3)CC2)nc2cc(-c3ccc(F)cc3)sc12. The van der Waals surface area contributed by atoms with E-state index in [9.17, 15) is 9.18 Å². The van der Waals surface area contributed by atoms with E-state index in [2.05, 4.69) is 24.8 Å². The third-order valence-corrected chi connectivity index (χ3v) is 6.60. The number of rotatable bonds is 4. The first-order valence-electron chi connectivity index (χ1n) is 9.66. The standard InChI is InChI=1S/C21H20FN5OS/c22-15-3-1-13(2-4-15)17-11-16-19(29-17)21(28)26-18(25-16)12-27-9-5-14(6-10-27)20-23-7-8-24-20/h1-4,7-8,11,14H,5-6,9-10,12H2,(H,23,24)(H,25,26,28). The molecule has 148 valence electrons. The molecule has 4 aromatic rings. The zero-order valence-corrected chi connectivity index (χ0v) is 16.5. The molecule has 1 aliphatic heterocycles. The van der Waals surface area contributed by atoms with E-state index in [0.29, 0.717) is 28.5 Å². The van der Waals surface area contributed by atoms with Gasteiger partial charge in [-0.15, -0.1) is 11.3 Å². The molecule has 1 saturated heterocycles. The summed E-state index contributed by atoms with van der Waals surface area (Å²) in [5.74, 6) is 1.93. The molecular formula is C21H20FN5OS. The van der Waals surface area contributed by atoms with Crippen LogP contribution in [0.25, 0.3) is 20.7 Å². The Balaban J connectivity index is 1.33. The van der Waals surface area contributed by atoms with Crippen LogP contribution in [-0.2, 0) is 6.54 Å². The summed E-state index contributed by atoms with van der Waals surface area (Å²) in [5, 5.41) is 0. The van der Waals surface area contributed by atoms with Crippen LogP contribution >= 0.6 is 11.3 Å². The Kier molecular flexibility index (Phi) is 4.73. The van der Waals surface area contributed by atoms with Crippen LogP contribution in [0.2, 0.25) is 0 Å². The van der Waals surface area contributed by atoms with Crippen molar-refractivity contribution in [2.75, 3.05) is 13.1 Å². The molecule has 0 atom stereocenters. The number of H-pyrrole nitrogens is 2. The Morgan fingerprint density at radius 2 is 2.00 bits per heavy atom. The first-order valence-corrected chi connectivity index (χ1v) is 10.5. The number of hydrogen-bond donors (Lipinski definition) is 2. The number of aromatic amines is 2. The molecule has 3 aromatic heterocycles. The normalized spacial score (nSPS) is 15.9. The van der Waals surface area contributed by atoms with Crippen LogP contribution in [0.5, 0.6) is 0 Å². The summed E-state index contributed by atoms with van der Waals surface area (Å²) in [4.78, 5) is 31.0. The van der Waals surface area contributed by atoms with E-state index >= 15 is 0 Å². The minimum Gasteiger partial charge on any atom is -0.348 e. The largest absolute Gasteiger partial charge is 0.348 e. The fourth-order valence-electron chi connectivity index (χ4n) is 3.90. The average Bonchev–Trinajstić information content (AvgIpc) is 3.39. The quantitative estimate of drug-likeness (QED) is 0.536. The van der Waals surface area contributed by atoms with Gasteiger partial charge in [0.15, 0.2) is 0 Å². The topological polar surface area (TPSA) is 77.7 Å². The van der Waals surface area contributed by atoms with Gasteiger partial charge in [-0.25, -0.2) is 14.4 Å². The maximum absolute atomic E-state index is 13.2. The molecule has 0 bridgehead atoms. The number of halogens is 1. The van der Waals surface area contributed by atoms with Gasteiger partial charge < -0.3 is 9.97 Å². The van der Waals surface area contributed by atoms with Crippen molar-refractivity contribution in [1.29, 1.82) is 0 Å². The van der Waals surface area contributed by atoms with Crippen molar-refractivity contribution in [2.24, 2.45) is 0 Å². The molecule has 29 heavy (non-hydrogen) atoms. The molecule has 2 N–H and O–H groups in total. The van der Waals surface area contributed by atoms with E-state index in [-0.39, 0.29) is 11.4 Å². The van der Waals surface area contributed by atoms with Gasteiger partial charge in [0, 0.05) is 23.2 Å². The maximum Gasteiger partial charge on any atom is 0.268 e. The summed E-state index contributed by atoms with van der Waals surface area (Å²) >= 11 is 1.38. The molecule has 0 amide bonds. The number of imidazole rings is 1. The third-order valence-electron chi connectivity index (χ3n) is 5.43. The van der Waals surface area contributed by atoms with Crippen molar-refractivity contribution in [2.45, 2.75) is 25.3 Å². The summed E-state index contributed by atoms with van der Waals surface area (Å²) < 4.78 is 13.8. The zero-order valence-electron chi connectivity index (χ0n) is 15.7. The van der Waals surface area contributed by atoms with Gasteiger partial charge in [0.1, 0.15) is 22.2 Å². The lowest BCUT2D eigenvalue weighted by molar-refractivity contribution is 0.198. The van der Waals surface area contributed by atoms with Crippen molar-refractivity contribution in [3.63, 3.8) is 0 Å². The predicted molar refractivity (Wildman–Crippen MR) is 111 cm³/mol. The highest BCUT2D eigenvalue weighted by Crippen LogP contribution is 2.31. The summed E-state index contributed by atoms with van der Waals surface area (Å²) in [6.45, 7) is 2.51. The molecule has 0 saturated carbocycles. The first-order chi connectivity index (χ1) is 14.2. The monoisotopic (exact) mass is 409 g/mol. The van der Waals surface area contributed by atoms with Gasteiger partial charge in [0.05, 0.1) is 12.1 Å². The van der Waals surface area contributed by atoms with Crippen LogP contribution < -0.4 is 5.56 Å². The van der Waals surface area contributed by atoms with Crippen LogP contribution in [0.3, 0.4) is 0 Å². The molecule has 1 fully saturated rings. The minimum absolute atomic E-state index is 0.117. The second kappa shape index (κ2) is 7.53. The highest BCUT2D eigenvalue weighted by Gasteiger charge is 2.23. The van der Waals surface area contributed by atoms with Gasteiger partial charge in [-0.1, -0.05) is 12.1 Å². The Bertz CT molecular complexity index is 1170. The zero-order chi connectivity index (χ0) is 19.8. The fourth-order valence-corrected chi connectivity index (χ4v) is 4.89. The van der Waals surface area contributed by atoms with Gasteiger partial charge in [0.2, 0.25) is 0 Å². The summed E-state index contributed by atoms with van der Waals surface area (Å²) in [7, 11) is 0. The Hall–Kier alpha value is -2.84. The maximum atomic E-state index is 13.2. The summed E-state index contributed by atoms with van der Waals surface area (Å²) in [6.07, 6.45) is 5.74.